The summed E-state index contributed by atoms with van der Waals surface area (Å²) in [6.07, 6.45) is 4.80. The Labute approximate surface area is 122 Å². The van der Waals surface area contributed by atoms with E-state index in [4.69, 9.17) is 10.9 Å². The lowest BCUT2D eigenvalue weighted by atomic mass is 10.1. The first-order chi connectivity index (χ1) is 9.58. The number of thioether (sulfide) groups is 1. The van der Waals surface area contributed by atoms with Crippen LogP contribution in [-0.2, 0) is 11.2 Å². The van der Waals surface area contributed by atoms with Crippen LogP contribution in [0.15, 0.2) is 29.4 Å². The van der Waals surface area contributed by atoms with Gasteiger partial charge < -0.3 is 16.3 Å². The van der Waals surface area contributed by atoms with Crippen molar-refractivity contribution in [3.63, 3.8) is 0 Å². The third-order valence-corrected chi connectivity index (χ3v) is 4.99. The van der Waals surface area contributed by atoms with Crippen LogP contribution in [-0.4, -0.2) is 34.5 Å². The Morgan fingerprint density at radius 1 is 1.45 bits per heavy atom. The molecule has 0 spiro atoms. The van der Waals surface area contributed by atoms with Crippen LogP contribution in [0.2, 0.25) is 0 Å². The molecule has 1 aromatic rings. The monoisotopic (exact) mass is 293 g/mol. The van der Waals surface area contributed by atoms with Gasteiger partial charge >= 0.3 is 0 Å². The zero-order valence-electron chi connectivity index (χ0n) is 11.4. The average molecular weight is 293 g/mol. The average Bonchev–Trinajstić information content (AvgIpc) is 3.26. The number of carbonyl (C=O) groups excluding carboxylic acids is 1. The molecular weight excluding hydrogens is 274 g/mol. The fraction of sp³-hybridized carbons (Fsp3) is 0.429. The zero-order chi connectivity index (χ0) is 14.6. The maximum Gasteiger partial charge on any atom is 0.224 e. The first kappa shape index (κ1) is 14.7. The van der Waals surface area contributed by atoms with Crippen LogP contribution < -0.4 is 11.1 Å². The van der Waals surface area contributed by atoms with Crippen molar-refractivity contribution in [2.24, 2.45) is 10.9 Å². The molecule has 0 unspecified atom stereocenters. The molecular formula is C14H19N3O2S. The second-order valence-corrected chi connectivity index (χ2v) is 6.30. The summed E-state index contributed by atoms with van der Waals surface area (Å²) < 4.78 is 0.283. The Morgan fingerprint density at radius 2 is 2.10 bits per heavy atom. The third-order valence-electron chi connectivity index (χ3n) is 3.57. The topological polar surface area (TPSA) is 87.7 Å². The van der Waals surface area contributed by atoms with Gasteiger partial charge in [0, 0.05) is 16.9 Å². The summed E-state index contributed by atoms with van der Waals surface area (Å²) in [4.78, 5) is 11.9. The van der Waals surface area contributed by atoms with Gasteiger partial charge in [0.15, 0.2) is 5.84 Å². The second kappa shape index (κ2) is 6.17. The zero-order valence-corrected chi connectivity index (χ0v) is 12.2. The van der Waals surface area contributed by atoms with E-state index in [1.807, 2.05) is 23.9 Å². The minimum Gasteiger partial charge on any atom is -0.409 e. The molecule has 0 heterocycles. The van der Waals surface area contributed by atoms with E-state index in [9.17, 15) is 4.79 Å². The number of amides is 1. The maximum absolute atomic E-state index is 11.9. The van der Waals surface area contributed by atoms with Gasteiger partial charge in [-0.05, 0) is 24.7 Å². The summed E-state index contributed by atoms with van der Waals surface area (Å²) in [6.45, 7) is 0.745. The molecule has 0 atom stereocenters. The number of nitrogens with zero attached hydrogens (tertiary/aromatic N) is 1. The predicted octanol–water partition coefficient (Wildman–Crippen LogP) is 1.34. The summed E-state index contributed by atoms with van der Waals surface area (Å²) in [7, 11) is 0. The number of nitrogens with one attached hydrogen (secondary N) is 1. The molecule has 108 valence electrons. The molecule has 1 aromatic carbocycles. The predicted molar refractivity (Wildman–Crippen MR) is 81.1 cm³/mol. The molecule has 20 heavy (non-hydrogen) atoms. The van der Waals surface area contributed by atoms with Crippen molar-refractivity contribution in [1.29, 1.82) is 0 Å². The summed E-state index contributed by atoms with van der Waals surface area (Å²) in [5, 5.41) is 14.5. The van der Waals surface area contributed by atoms with Crippen molar-refractivity contribution >= 4 is 23.5 Å². The highest BCUT2D eigenvalue weighted by Gasteiger charge is 2.41. The highest BCUT2D eigenvalue weighted by atomic mass is 32.2. The van der Waals surface area contributed by atoms with Gasteiger partial charge in [0.25, 0.3) is 0 Å². The van der Waals surface area contributed by atoms with Crippen LogP contribution in [0.25, 0.3) is 0 Å². The van der Waals surface area contributed by atoms with E-state index in [1.165, 1.54) is 12.8 Å². The van der Waals surface area contributed by atoms with Gasteiger partial charge in [-0.1, -0.05) is 29.4 Å². The Kier molecular flexibility index (Phi) is 4.54. The van der Waals surface area contributed by atoms with Gasteiger partial charge in [-0.25, -0.2) is 0 Å². The number of carbonyl (C=O) groups is 1. The van der Waals surface area contributed by atoms with Crippen molar-refractivity contribution in [3.8, 4) is 0 Å². The molecule has 0 bridgehead atoms. The van der Waals surface area contributed by atoms with Crippen LogP contribution >= 0.6 is 11.8 Å². The van der Waals surface area contributed by atoms with Crippen LogP contribution in [0.5, 0.6) is 0 Å². The summed E-state index contributed by atoms with van der Waals surface area (Å²) >= 11 is 1.83. The minimum atomic E-state index is 0.0295. The summed E-state index contributed by atoms with van der Waals surface area (Å²) in [5.74, 6) is 0.0959. The van der Waals surface area contributed by atoms with Gasteiger partial charge in [0.2, 0.25) is 5.91 Å². The van der Waals surface area contributed by atoms with Crippen LogP contribution in [0.4, 0.5) is 0 Å². The SMILES string of the molecule is CSC1(CNC(=O)Cc2ccc(/C(N)=N/O)cc2)CC1. The molecule has 1 aliphatic carbocycles. The van der Waals surface area contributed by atoms with Crippen LogP contribution in [0, 0.1) is 0 Å². The first-order valence-corrected chi connectivity index (χ1v) is 7.70. The Bertz CT molecular complexity index is 510. The molecule has 0 radical (unpaired) electrons. The maximum atomic E-state index is 11.9. The smallest absolute Gasteiger partial charge is 0.224 e. The van der Waals surface area contributed by atoms with Gasteiger partial charge in [0.1, 0.15) is 0 Å². The largest absolute Gasteiger partial charge is 0.409 e. The molecule has 1 fully saturated rings. The lowest BCUT2D eigenvalue weighted by Crippen LogP contribution is -2.32. The molecule has 5 nitrogen and oxygen atoms in total. The molecule has 0 aliphatic heterocycles. The van der Waals surface area contributed by atoms with Gasteiger partial charge in [-0.3, -0.25) is 4.79 Å². The fourth-order valence-electron chi connectivity index (χ4n) is 1.95. The summed E-state index contributed by atoms with van der Waals surface area (Å²) in [5.41, 5.74) is 7.03. The standard InChI is InChI=1S/C14H19N3O2S/c1-20-14(6-7-14)9-16-12(18)8-10-2-4-11(5-3-10)13(15)17-19/h2-5,19H,6-9H2,1H3,(H2,15,17)(H,16,18). The molecule has 1 aliphatic rings. The van der Waals surface area contributed by atoms with Crippen molar-refractivity contribution in [1.82, 2.24) is 5.32 Å². The van der Waals surface area contributed by atoms with Gasteiger partial charge in [-0.2, -0.15) is 11.8 Å². The molecule has 1 amide bonds. The van der Waals surface area contributed by atoms with Crippen molar-refractivity contribution in [2.45, 2.75) is 24.0 Å². The third kappa shape index (κ3) is 3.66. The second-order valence-electron chi connectivity index (χ2n) is 5.02. The van der Waals surface area contributed by atoms with E-state index >= 15 is 0 Å². The van der Waals surface area contributed by atoms with Crippen molar-refractivity contribution < 1.29 is 10.0 Å². The normalized spacial score (nSPS) is 16.8. The first-order valence-electron chi connectivity index (χ1n) is 6.47. The Balaban J connectivity index is 1.85. The molecule has 0 aromatic heterocycles. The molecule has 6 heteroatoms. The number of rotatable bonds is 6. The van der Waals surface area contributed by atoms with Gasteiger partial charge in [-0.15, -0.1) is 0 Å². The Morgan fingerprint density at radius 3 is 2.60 bits per heavy atom. The lowest BCUT2D eigenvalue weighted by molar-refractivity contribution is -0.120. The quantitative estimate of drug-likeness (QED) is 0.320. The minimum absolute atomic E-state index is 0.0295. The van der Waals surface area contributed by atoms with Crippen LogP contribution in [0.3, 0.4) is 0 Å². The van der Waals surface area contributed by atoms with E-state index in [0.29, 0.717) is 12.0 Å². The van der Waals surface area contributed by atoms with E-state index < -0.39 is 0 Å². The number of oxime groups is 1. The summed E-state index contributed by atoms with van der Waals surface area (Å²) in [6, 6.07) is 7.10. The highest BCUT2D eigenvalue weighted by Crippen LogP contribution is 2.46. The lowest BCUT2D eigenvalue weighted by Gasteiger charge is -2.13. The Hall–Kier alpha value is -1.69. The number of amidine groups is 1. The van der Waals surface area contributed by atoms with Crippen molar-refractivity contribution in [3.05, 3.63) is 35.4 Å². The molecule has 2 rings (SSSR count). The van der Waals surface area contributed by atoms with E-state index in [-0.39, 0.29) is 16.5 Å². The van der Waals surface area contributed by atoms with Crippen molar-refractivity contribution in [2.75, 3.05) is 12.8 Å². The molecule has 4 N–H and O–H groups in total. The molecule has 1 saturated carbocycles. The number of hydrogen-bond acceptors (Lipinski definition) is 4. The fourth-order valence-corrected chi connectivity index (χ4v) is 2.68. The van der Waals surface area contributed by atoms with Crippen LogP contribution in [0.1, 0.15) is 24.0 Å². The number of hydrogen-bond donors (Lipinski definition) is 3. The highest BCUT2D eigenvalue weighted by molar-refractivity contribution is 8.00. The number of nitrogens with two attached hydrogens (primary N) is 1. The van der Waals surface area contributed by atoms with E-state index in [0.717, 1.165) is 12.1 Å². The van der Waals surface area contributed by atoms with Gasteiger partial charge in [0.05, 0.1) is 6.42 Å². The van der Waals surface area contributed by atoms with E-state index in [1.54, 1.807) is 12.1 Å². The number of benzene rings is 1. The molecule has 0 saturated heterocycles. The van der Waals surface area contributed by atoms with E-state index in [2.05, 4.69) is 16.7 Å².